The van der Waals surface area contributed by atoms with Crippen molar-refractivity contribution in [2.24, 2.45) is 10.9 Å². The zero-order valence-corrected chi connectivity index (χ0v) is 11.7. The minimum absolute atomic E-state index is 0.000820. The molecule has 0 aliphatic rings. The summed E-state index contributed by atoms with van der Waals surface area (Å²) in [6, 6.07) is 4.54. The lowest BCUT2D eigenvalue weighted by Crippen LogP contribution is -2.44. The average molecular weight is 284 g/mol. The predicted octanol–water partition coefficient (Wildman–Crippen LogP) is 2.29. The lowest BCUT2D eigenvalue weighted by atomic mass is 10.1. The number of oxime groups is 1. The first-order valence-electron chi connectivity index (χ1n) is 6.04. The van der Waals surface area contributed by atoms with E-state index in [0.717, 1.165) is 12.0 Å². The summed E-state index contributed by atoms with van der Waals surface area (Å²) in [5, 5.41) is 15.0. The molecule has 0 fully saturated rings. The number of benzene rings is 1. The van der Waals surface area contributed by atoms with E-state index in [4.69, 9.17) is 22.5 Å². The molecule has 0 saturated heterocycles. The van der Waals surface area contributed by atoms with Gasteiger partial charge < -0.3 is 16.3 Å². The highest BCUT2D eigenvalue weighted by Crippen LogP contribution is 2.16. The molecule has 0 heterocycles. The van der Waals surface area contributed by atoms with E-state index in [0.29, 0.717) is 17.0 Å². The van der Waals surface area contributed by atoms with E-state index in [2.05, 4.69) is 10.5 Å². The van der Waals surface area contributed by atoms with Crippen LogP contribution in [-0.4, -0.2) is 23.0 Å². The SMILES string of the molecule is CCCC(NC(=O)c1ccc(Cl)c(C)c1)/C(N)=N/O. The number of carbonyl (C=O) groups excluding carboxylic acids is 1. The first-order valence-corrected chi connectivity index (χ1v) is 6.41. The van der Waals surface area contributed by atoms with Crippen molar-refractivity contribution >= 4 is 23.3 Å². The van der Waals surface area contributed by atoms with Gasteiger partial charge in [0.2, 0.25) is 0 Å². The smallest absolute Gasteiger partial charge is 0.251 e. The molecule has 1 aromatic rings. The van der Waals surface area contributed by atoms with Crippen molar-refractivity contribution < 1.29 is 10.0 Å². The van der Waals surface area contributed by atoms with Gasteiger partial charge >= 0.3 is 0 Å². The molecule has 19 heavy (non-hydrogen) atoms. The second-order valence-corrected chi connectivity index (χ2v) is 4.71. The van der Waals surface area contributed by atoms with Crippen molar-refractivity contribution in [1.82, 2.24) is 5.32 Å². The van der Waals surface area contributed by atoms with Gasteiger partial charge in [-0.05, 0) is 37.1 Å². The number of hydrogen-bond donors (Lipinski definition) is 3. The van der Waals surface area contributed by atoms with Gasteiger partial charge in [-0.15, -0.1) is 0 Å². The van der Waals surface area contributed by atoms with E-state index < -0.39 is 6.04 Å². The third kappa shape index (κ3) is 4.13. The van der Waals surface area contributed by atoms with E-state index in [1.165, 1.54) is 0 Å². The van der Waals surface area contributed by atoms with Crippen molar-refractivity contribution in [2.45, 2.75) is 32.7 Å². The highest BCUT2D eigenvalue weighted by Gasteiger charge is 2.17. The van der Waals surface area contributed by atoms with E-state index >= 15 is 0 Å². The molecular formula is C13H18ClN3O2. The summed E-state index contributed by atoms with van der Waals surface area (Å²) in [5.74, 6) is -0.272. The summed E-state index contributed by atoms with van der Waals surface area (Å²) in [7, 11) is 0. The lowest BCUT2D eigenvalue weighted by molar-refractivity contribution is 0.0945. The third-order valence-electron chi connectivity index (χ3n) is 2.78. The molecule has 0 aromatic heterocycles. The van der Waals surface area contributed by atoms with Gasteiger partial charge in [-0.1, -0.05) is 30.1 Å². The number of hydrogen-bond acceptors (Lipinski definition) is 3. The van der Waals surface area contributed by atoms with Gasteiger partial charge in [-0.3, -0.25) is 4.79 Å². The van der Waals surface area contributed by atoms with Crippen LogP contribution in [0.4, 0.5) is 0 Å². The summed E-state index contributed by atoms with van der Waals surface area (Å²) in [5.41, 5.74) is 6.87. The monoisotopic (exact) mass is 283 g/mol. The highest BCUT2D eigenvalue weighted by atomic mass is 35.5. The van der Waals surface area contributed by atoms with Gasteiger partial charge in [0.1, 0.15) is 0 Å². The Balaban J connectivity index is 2.84. The van der Waals surface area contributed by atoms with Crippen LogP contribution in [0.1, 0.15) is 35.7 Å². The molecule has 1 unspecified atom stereocenters. The minimum atomic E-state index is -0.474. The topological polar surface area (TPSA) is 87.7 Å². The third-order valence-corrected chi connectivity index (χ3v) is 3.20. The summed E-state index contributed by atoms with van der Waals surface area (Å²) >= 11 is 5.91. The molecule has 104 valence electrons. The normalized spacial score (nSPS) is 13.1. The Bertz CT molecular complexity index is 489. The Morgan fingerprint density at radius 3 is 2.79 bits per heavy atom. The standard InChI is InChI=1S/C13H18ClN3O2/c1-3-4-11(12(15)17-19)16-13(18)9-5-6-10(14)8(2)7-9/h5-7,11,19H,3-4H2,1-2H3,(H2,15,17)(H,16,18). The zero-order valence-electron chi connectivity index (χ0n) is 11.0. The van der Waals surface area contributed by atoms with Gasteiger partial charge in [0.25, 0.3) is 5.91 Å². The van der Waals surface area contributed by atoms with Crippen LogP contribution in [0, 0.1) is 6.92 Å². The fourth-order valence-corrected chi connectivity index (χ4v) is 1.80. The van der Waals surface area contributed by atoms with Crippen molar-refractivity contribution in [3.63, 3.8) is 0 Å². The summed E-state index contributed by atoms with van der Waals surface area (Å²) in [6.07, 6.45) is 1.41. The Hall–Kier alpha value is -1.75. The molecule has 5 nitrogen and oxygen atoms in total. The lowest BCUT2D eigenvalue weighted by Gasteiger charge is -2.16. The average Bonchev–Trinajstić information content (AvgIpc) is 2.40. The number of amides is 1. The maximum Gasteiger partial charge on any atom is 0.251 e. The number of nitrogens with one attached hydrogen (secondary N) is 1. The zero-order chi connectivity index (χ0) is 14.4. The molecule has 0 aliphatic heterocycles. The van der Waals surface area contributed by atoms with E-state index in [-0.39, 0.29) is 11.7 Å². The summed E-state index contributed by atoms with van der Waals surface area (Å²) in [6.45, 7) is 3.78. The molecule has 6 heteroatoms. The van der Waals surface area contributed by atoms with Crippen LogP contribution in [0.25, 0.3) is 0 Å². The molecule has 0 saturated carbocycles. The molecule has 1 rings (SSSR count). The Labute approximate surface area is 117 Å². The number of amidine groups is 1. The number of nitrogens with two attached hydrogens (primary N) is 1. The van der Waals surface area contributed by atoms with Crippen LogP contribution in [0.2, 0.25) is 5.02 Å². The first kappa shape index (κ1) is 15.3. The maximum atomic E-state index is 12.1. The van der Waals surface area contributed by atoms with Crippen LogP contribution < -0.4 is 11.1 Å². The number of rotatable bonds is 5. The fraction of sp³-hybridized carbons (Fsp3) is 0.385. The predicted molar refractivity (Wildman–Crippen MR) is 75.8 cm³/mol. The van der Waals surface area contributed by atoms with Crippen molar-refractivity contribution in [1.29, 1.82) is 0 Å². The van der Waals surface area contributed by atoms with Crippen LogP contribution in [0.3, 0.4) is 0 Å². The van der Waals surface area contributed by atoms with Crippen LogP contribution >= 0.6 is 11.6 Å². The molecule has 0 aliphatic carbocycles. The number of aryl methyl sites for hydroxylation is 1. The molecule has 1 amide bonds. The number of halogens is 1. The van der Waals surface area contributed by atoms with Crippen molar-refractivity contribution in [3.8, 4) is 0 Å². The van der Waals surface area contributed by atoms with E-state index in [1.807, 2.05) is 13.8 Å². The van der Waals surface area contributed by atoms with E-state index in [9.17, 15) is 4.79 Å². The Morgan fingerprint density at radius 1 is 1.58 bits per heavy atom. The molecule has 1 aromatic carbocycles. The van der Waals surface area contributed by atoms with Gasteiger partial charge in [-0.25, -0.2) is 0 Å². The van der Waals surface area contributed by atoms with Crippen molar-refractivity contribution in [3.05, 3.63) is 34.3 Å². The molecule has 4 N–H and O–H groups in total. The van der Waals surface area contributed by atoms with Gasteiger partial charge in [0, 0.05) is 10.6 Å². The number of carbonyl (C=O) groups is 1. The molecular weight excluding hydrogens is 266 g/mol. The second-order valence-electron chi connectivity index (χ2n) is 4.30. The van der Waals surface area contributed by atoms with Crippen molar-refractivity contribution in [2.75, 3.05) is 0 Å². The Kier molecular flexibility index (Phi) is 5.63. The minimum Gasteiger partial charge on any atom is -0.409 e. The van der Waals surface area contributed by atoms with E-state index in [1.54, 1.807) is 18.2 Å². The second kappa shape index (κ2) is 6.99. The van der Waals surface area contributed by atoms with Crippen LogP contribution in [0.15, 0.2) is 23.4 Å². The number of nitrogens with zero attached hydrogens (tertiary/aromatic N) is 1. The van der Waals surface area contributed by atoms with Crippen LogP contribution in [0.5, 0.6) is 0 Å². The van der Waals surface area contributed by atoms with Gasteiger partial charge in [0.05, 0.1) is 6.04 Å². The maximum absolute atomic E-state index is 12.1. The molecule has 0 radical (unpaired) electrons. The molecule has 0 spiro atoms. The first-order chi connectivity index (χ1) is 8.99. The van der Waals surface area contributed by atoms with Gasteiger partial charge in [0.15, 0.2) is 5.84 Å². The highest BCUT2D eigenvalue weighted by molar-refractivity contribution is 6.31. The molecule has 0 bridgehead atoms. The molecule has 1 atom stereocenters. The summed E-state index contributed by atoms with van der Waals surface area (Å²) < 4.78 is 0. The Morgan fingerprint density at radius 2 is 2.26 bits per heavy atom. The summed E-state index contributed by atoms with van der Waals surface area (Å²) in [4.78, 5) is 12.1. The largest absolute Gasteiger partial charge is 0.409 e. The quantitative estimate of drug-likeness (QED) is 0.335. The van der Waals surface area contributed by atoms with Gasteiger partial charge in [-0.2, -0.15) is 0 Å². The fourth-order valence-electron chi connectivity index (χ4n) is 1.68. The van der Waals surface area contributed by atoms with Crippen LogP contribution in [-0.2, 0) is 0 Å².